The zero-order valence-electron chi connectivity index (χ0n) is 37.8. The third kappa shape index (κ3) is 16.3. The van der Waals surface area contributed by atoms with Gasteiger partial charge in [-0.1, -0.05) is 77.0 Å². The van der Waals surface area contributed by atoms with E-state index >= 15 is 0 Å². The van der Waals surface area contributed by atoms with Crippen molar-refractivity contribution in [1.82, 2.24) is 29.4 Å². The van der Waals surface area contributed by atoms with Crippen LogP contribution in [0.3, 0.4) is 0 Å². The highest BCUT2D eigenvalue weighted by Crippen LogP contribution is 2.43. The summed E-state index contributed by atoms with van der Waals surface area (Å²) >= 11 is 0. The summed E-state index contributed by atoms with van der Waals surface area (Å²) in [5.74, 6) is 0.221. The first-order valence-corrected chi connectivity index (χ1v) is 24.1. The quantitative estimate of drug-likeness (QED) is 0.0754. The van der Waals surface area contributed by atoms with Crippen LogP contribution in [-0.2, 0) is 0 Å². The minimum atomic E-state index is 0.110. The second-order valence-corrected chi connectivity index (χ2v) is 17.4. The maximum Gasteiger partial charge on any atom is 0.255 e. The summed E-state index contributed by atoms with van der Waals surface area (Å²) in [6.45, 7) is 41.2. The number of carbonyl (C=O) groups is 2. The van der Waals surface area contributed by atoms with Gasteiger partial charge in [0.1, 0.15) is 0 Å². The molecule has 318 valence electrons. The van der Waals surface area contributed by atoms with E-state index in [-0.39, 0.29) is 11.8 Å². The molecule has 0 radical (unpaired) electrons. The monoisotopic (exact) mass is 813 g/mol. The summed E-state index contributed by atoms with van der Waals surface area (Å²) in [5.41, 5.74) is 6.12. The molecule has 0 spiro atoms. The molecule has 2 aromatic rings. The van der Waals surface area contributed by atoms with E-state index in [9.17, 15) is 9.59 Å². The Morgan fingerprint density at radius 2 is 0.625 bits per heavy atom. The lowest BCUT2D eigenvalue weighted by Crippen LogP contribution is -2.37. The Morgan fingerprint density at radius 1 is 0.393 bits per heavy atom. The topological polar surface area (TPSA) is 53.6 Å². The molecule has 10 heteroatoms. The van der Waals surface area contributed by atoms with Crippen LogP contribution in [0.1, 0.15) is 124 Å². The van der Waals surface area contributed by atoms with Gasteiger partial charge in [0.05, 0.1) is 11.1 Å². The van der Waals surface area contributed by atoms with Crippen molar-refractivity contribution in [3.63, 3.8) is 0 Å². The first-order chi connectivity index (χ1) is 26.9. The van der Waals surface area contributed by atoms with Gasteiger partial charge in [0.2, 0.25) is 0 Å². The van der Waals surface area contributed by atoms with Crippen LogP contribution in [0, 0.1) is 27.7 Å². The Morgan fingerprint density at radius 3 is 0.857 bits per heavy atom. The predicted octanol–water partition coefficient (Wildman–Crippen LogP) is 9.53. The fourth-order valence-electron chi connectivity index (χ4n) is 7.21. The molecule has 2 rings (SSSR count). The lowest BCUT2D eigenvalue weighted by molar-refractivity contribution is 0.0729. The minimum Gasteiger partial charge on any atom is -0.339 e. The molecule has 0 aliphatic heterocycles. The standard InChI is InChI=1S/C46H80N6O2S2/c1-13-47(14-2)25-21-29-51(30-22-26-48(15-3)16-4)45(53)41-33-37(9)39(11)35-43(41)55-56-44-36-40(12)38(10)34-42(44)46(54)52(31-23-27-49(17-5)18-6)32-24-28-50(19-7)20-8/h33-36H,13-32H2,1-12H3. The molecule has 2 amide bonds. The van der Waals surface area contributed by atoms with E-state index in [0.717, 1.165) is 162 Å². The number of nitrogens with zero attached hydrogens (tertiary/aromatic N) is 6. The molecule has 0 saturated heterocycles. The van der Waals surface area contributed by atoms with Gasteiger partial charge in [0.25, 0.3) is 11.8 Å². The Labute approximate surface area is 351 Å². The van der Waals surface area contributed by atoms with E-state index in [1.54, 1.807) is 21.6 Å². The summed E-state index contributed by atoms with van der Waals surface area (Å²) < 4.78 is 0. The Hall–Kier alpha value is -2.08. The van der Waals surface area contributed by atoms with E-state index < -0.39 is 0 Å². The first-order valence-electron chi connectivity index (χ1n) is 22.0. The van der Waals surface area contributed by atoms with Gasteiger partial charge >= 0.3 is 0 Å². The summed E-state index contributed by atoms with van der Waals surface area (Å²) in [7, 11) is 3.25. The van der Waals surface area contributed by atoms with Crippen LogP contribution in [0.5, 0.6) is 0 Å². The number of carbonyl (C=O) groups excluding carboxylic acids is 2. The Kier molecular flexibility index (Phi) is 24.7. The Bertz CT molecular complexity index is 1300. The Balaban J connectivity index is 2.46. The van der Waals surface area contributed by atoms with Crippen LogP contribution in [-0.4, -0.2) is 146 Å². The number of benzene rings is 2. The normalized spacial score (nSPS) is 11.8. The molecule has 56 heavy (non-hydrogen) atoms. The second-order valence-electron chi connectivity index (χ2n) is 15.1. The highest BCUT2D eigenvalue weighted by Gasteiger charge is 2.24. The number of hydrogen-bond acceptors (Lipinski definition) is 8. The van der Waals surface area contributed by atoms with Crippen molar-refractivity contribution < 1.29 is 9.59 Å². The number of aryl methyl sites for hydroxylation is 4. The highest BCUT2D eigenvalue weighted by molar-refractivity contribution is 8.76. The summed E-state index contributed by atoms with van der Waals surface area (Å²) in [4.78, 5) is 45.1. The van der Waals surface area contributed by atoms with Crippen LogP contribution in [0.4, 0.5) is 0 Å². The van der Waals surface area contributed by atoms with E-state index in [0.29, 0.717) is 0 Å². The van der Waals surface area contributed by atoms with Crippen molar-refractivity contribution >= 4 is 33.4 Å². The maximum atomic E-state index is 14.6. The van der Waals surface area contributed by atoms with Gasteiger partial charge in [-0.05, 0) is 178 Å². The molecule has 0 fully saturated rings. The summed E-state index contributed by atoms with van der Waals surface area (Å²) in [5, 5.41) is 0. The molecular formula is C46H80N6O2S2. The van der Waals surface area contributed by atoms with Gasteiger partial charge in [-0.15, -0.1) is 0 Å². The molecule has 0 N–H and O–H groups in total. The van der Waals surface area contributed by atoms with Crippen molar-refractivity contribution in [1.29, 1.82) is 0 Å². The zero-order valence-corrected chi connectivity index (χ0v) is 39.4. The van der Waals surface area contributed by atoms with Crippen LogP contribution in [0.15, 0.2) is 34.1 Å². The fourth-order valence-corrected chi connectivity index (χ4v) is 9.68. The summed E-state index contributed by atoms with van der Waals surface area (Å²) in [6, 6.07) is 8.56. The summed E-state index contributed by atoms with van der Waals surface area (Å²) in [6.07, 6.45) is 3.81. The van der Waals surface area contributed by atoms with Crippen LogP contribution in [0.25, 0.3) is 0 Å². The lowest BCUT2D eigenvalue weighted by atomic mass is 10.0. The average Bonchev–Trinajstić information content (AvgIpc) is 3.20. The zero-order chi connectivity index (χ0) is 41.6. The molecule has 0 atom stereocenters. The molecule has 2 aromatic carbocycles. The van der Waals surface area contributed by atoms with E-state index in [4.69, 9.17) is 0 Å². The fraction of sp³-hybridized carbons (Fsp3) is 0.696. The molecule has 8 nitrogen and oxygen atoms in total. The maximum absolute atomic E-state index is 14.6. The number of rotatable bonds is 29. The van der Waals surface area contributed by atoms with Gasteiger partial charge in [0, 0.05) is 36.0 Å². The van der Waals surface area contributed by atoms with Gasteiger partial charge in [-0.25, -0.2) is 0 Å². The van der Waals surface area contributed by atoms with Crippen molar-refractivity contribution in [2.24, 2.45) is 0 Å². The molecule has 0 saturated carbocycles. The average molecular weight is 813 g/mol. The molecular weight excluding hydrogens is 733 g/mol. The minimum absolute atomic E-state index is 0.110. The molecule has 0 heterocycles. The second kappa shape index (κ2) is 27.6. The van der Waals surface area contributed by atoms with Gasteiger partial charge in [0.15, 0.2) is 0 Å². The van der Waals surface area contributed by atoms with E-state index in [1.165, 1.54) is 11.1 Å². The molecule has 0 aliphatic rings. The number of amides is 2. The molecule has 0 bridgehead atoms. The van der Waals surface area contributed by atoms with Crippen molar-refractivity contribution in [3.8, 4) is 0 Å². The molecule has 0 aliphatic carbocycles. The van der Waals surface area contributed by atoms with E-state index in [1.807, 2.05) is 0 Å². The predicted molar refractivity (Wildman–Crippen MR) is 245 cm³/mol. The van der Waals surface area contributed by atoms with Crippen molar-refractivity contribution in [2.75, 3.05) is 105 Å². The smallest absolute Gasteiger partial charge is 0.255 e. The van der Waals surface area contributed by atoms with Crippen LogP contribution >= 0.6 is 21.6 Å². The lowest BCUT2D eigenvalue weighted by Gasteiger charge is -2.28. The van der Waals surface area contributed by atoms with Gasteiger partial charge in [-0.2, -0.15) is 0 Å². The SMILES string of the molecule is CCN(CC)CCCN(CCCN(CC)CC)C(=O)c1cc(C)c(C)cc1SSc1cc(C)c(C)cc1C(=O)N(CCCN(CC)CC)CCCN(CC)CC. The van der Waals surface area contributed by atoms with Gasteiger partial charge in [-0.3, -0.25) is 9.59 Å². The molecule has 0 unspecified atom stereocenters. The third-order valence-corrected chi connectivity index (χ3v) is 14.1. The third-order valence-electron chi connectivity index (χ3n) is 11.6. The van der Waals surface area contributed by atoms with Gasteiger partial charge < -0.3 is 29.4 Å². The number of hydrogen-bond donors (Lipinski definition) is 0. The largest absolute Gasteiger partial charge is 0.339 e. The van der Waals surface area contributed by atoms with Crippen LogP contribution in [0.2, 0.25) is 0 Å². The highest BCUT2D eigenvalue weighted by atomic mass is 33.1. The van der Waals surface area contributed by atoms with Crippen molar-refractivity contribution in [2.45, 2.75) is 119 Å². The van der Waals surface area contributed by atoms with Crippen molar-refractivity contribution in [3.05, 3.63) is 57.6 Å². The molecule has 0 aromatic heterocycles. The van der Waals surface area contributed by atoms with Crippen LogP contribution < -0.4 is 0 Å². The van der Waals surface area contributed by atoms with E-state index in [2.05, 4.69) is 137 Å². The first kappa shape index (κ1) is 50.1.